The second-order valence-electron chi connectivity index (χ2n) is 7.61. The maximum absolute atomic E-state index is 13.0. The highest BCUT2D eigenvalue weighted by Gasteiger charge is 2.45. The molecule has 0 radical (unpaired) electrons. The normalized spacial score (nSPS) is 23.1. The van der Waals surface area contributed by atoms with Crippen molar-refractivity contribution in [3.8, 4) is 0 Å². The Morgan fingerprint density at radius 2 is 1.90 bits per heavy atom. The summed E-state index contributed by atoms with van der Waals surface area (Å²) in [5, 5.41) is 14.2. The van der Waals surface area contributed by atoms with Gasteiger partial charge in [0.25, 0.3) is 11.8 Å². The largest absolute Gasteiger partial charge is 0.480 e. The van der Waals surface area contributed by atoms with Crippen LogP contribution < -0.4 is 10.6 Å². The number of piperidine rings is 1. The van der Waals surface area contributed by atoms with Crippen LogP contribution in [0.2, 0.25) is 0 Å². The lowest BCUT2D eigenvalue weighted by molar-refractivity contribution is -0.147. The zero-order chi connectivity index (χ0) is 22.3. The number of benzene rings is 1. The molecule has 2 fully saturated rings. The van der Waals surface area contributed by atoms with Gasteiger partial charge in [0.05, 0.1) is 17.7 Å². The topological polar surface area (TPSA) is 153 Å². The van der Waals surface area contributed by atoms with Crippen LogP contribution in [0.5, 0.6) is 0 Å². The van der Waals surface area contributed by atoms with E-state index in [0.717, 1.165) is 4.90 Å². The maximum Gasteiger partial charge on any atom is 0.326 e. The lowest BCUT2D eigenvalue weighted by atomic mass is 10.0. The molecule has 1 aromatic carbocycles. The Balaban J connectivity index is 1.52. The highest BCUT2D eigenvalue weighted by molar-refractivity contribution is 6.25. The molecule has 2 atom stereocenters. The first-order valence-corrected chi connectivity index (χ1v) is 9.90. The van der Waals surface area contributed by atoms with E-state index in [1.54, 1.807) is 6.07 Å². The van der Waals surface area contributed by atoms with E-state index in [4.69, 9.17) is 0 Å². The Kier molecular flexibility index (Phi) is 5.17. The van der Waals surface area contributed by atoms with Gasteiger partial charge in [0.2, 0.25) is 17.7 Å². The lowest BCUT2D eigenvalue weighted by Crippen LogP contribution is -2.54. The number of fused-ring (bicyclic) bond motifs is 1. The molecule has 5 amide bonds. The third-order valence-corrected chi connectivity index (χ3v) is 5.76. The van der Waals surface area contributed by atoms with E-state index in [-0.39, 0.29) is 36.2 Å². The summed E-state index contributed by atoms with van der Waals surface area (Å²) in [5.74, 6) is -3.98. The van der Waals surface area contributed by atoms with Crippen LogP contribution in [0, 0.1) is 0 Å². The fourth-order valence-corrected chi connectivity index (χ4v) is 4.26. The standard InChI is InChI=1S/C20H20N4O7/c25-14-7-6-12(17(27)22-14)24-18(28)10-3-1-4-11(16(10)19(24)29)21-9-15(26)23-8-2-5-13(23)20(30)31/h1,3-4,12-13,21H,2,5-9H2,(H,30,31)(H,22,25,27)/t12?,13-/m0/s1. The zero-order valence-electron chi connectivity index (χ0n) is 16.4. The first-order chi connectivity index (χ1) is 14.8. The second-order valence-corrected chi connectivity index (χ2v) is 7.61. The van der Waals surface area contributed by atoms with Crippen LogP contribution in [0.1, 0.15) is 46.4 Å². The first kappa shape index (κ1) is 20.5. The number of imide groups is 2. The predicted molar refractivity (Wildman–Crippen MR) is 104 cm³/mol. The molecule has 162 valence electrons. The van der Waals surface area contributed by atoms with E-state index in [1.807, 2.05) is 0 Å². The fourth-order valence-electron chi connectivity index (χ4n) is 4.26. The van der Waals surface area contributed by atoms with Gasteiger partial charge < -0.3 is 15.3 Å². The molecule has 3 N–H and O–H groups in total. The van der Waals surface area contributed by atoms with Gasteiger partial charge >= 0.3 is 5.97 Å². The van der Waals surface area contributed by atoms with E-state index in [2.05, 4.69) is 10.6 Å². The van der Waals surface area contributed by atoms with Crippen molar-refractivity contribution in [3.05, 3.63) is 29.3 Å². The SMILES string of the molecule is O=C1CCC(N2C(=O)c3cccc(NCC(=O)N4CCC[C@H]4C(=O)O)c3C2=O)C(=O)N1. The Hall–Kier alpha value is -3.76. The van der Waals surface area contributed by atoms with Gasteiger partial charge in [-0.05, 0) is 31.4 Å². The summed E-state index contributed by atoms with van der Waals surface area (Å²) in [6.07, 6.45) is 1.04. The van der Waals surface area contributed by atoms with Crippen LogP contribution in [0.3, 0.4) is 0 Å². The van der Waals surface area contributed by atoms with Gasteiger partial charge in [-0.15, -0.1) is 0 Å². The molecule has 0 spiro atoms. The monoisotopic (exact) mass is 428 g/mol. The number of nitrogens with one attached hydrogen (secondary N) is 2. The van der Waals surface area contributed by atoms with Crippen LogP contribution in [0.25, 0.3) is 0 Å². The quantitative estimate of drug-likeness (QED) is 0.534. The molecule has 11 nitrogen and oxygen atoms in total. The van der Waals surface area contributed by atoms with Gasteiger partial charge in [0.15, 0.2) is 0 Å². The van der Waals surface area contributed by atoms with Crippen LogP contribution >= 0.6 is 0 Å². The van der Waals surface area contributed by atoms with E-state index in [0.29, 0.717) is 19.4 Å². The molecule has 0 saturated carbocycles. The summed E-state index contributed by atoms with van der Waals surface area (Å²) in [6.45, 7) is 0.0885. The fraction of sp³-hybridized carbons (Fsp3) is 0.400. The Morgan fingerprint density at radius 1 is 1.13 bits per heavy atom. The maximum atomic E-state index is 13.0. The van der Waals surface area contributed by atoms with Crippen molar-refractivity contribution >= 4 is 41.2 Å². The summed E-state index contributed by atoms with van der Waals surface area (Å²) in [6, 6.07) is 2.57. The van der Waals surface area contributed by atoms with Crippen molar-refractivity contribution < 1.29 is 33.9 Å². The molecular weight excluding hydrogens is 408 g/mol. The van der Waals surface area contributed by atoms with Gasteiger partial charge in [-0.3, -0.25) is 34.2 Å². The van der Waals surface area contributed by atoms with Crippen LogP contribution in [-0.4, -0.2) is 75.6 Å². The number of carbonyl (C=O) groups is 6. The van der Waals surface area contributed by atoms with Crippen molar-refractivity contribution in [3.63, 3.8) is 0 Å². The molecule has 1 aromatic rings. The summed E-state index contributed by atoms with van der Waals surface area (Å²) in [5.41, 5.74) is 0.378. The molecule has 3 aliphatic heterocycles. The third-order valence-electron chi connectivity index (χ3n) is 5.76. The second kappa shape index (κ2) is 7.82. The predicted octanol–water partition coefficient (Wildman–Crippen LogP) is -0.425. The number of amides is 5. The van der Waals surface area contributed by atoms with E-state index < -0.39 is 47.6 Å². The van der Waals surface area contributed by atoms with Crippen LogP contribution in [-0.2, 0) is 19.2 Å². The summed E-state index contributed by atoms with van der Waals surface area (Å²) < 4.78 is 0. The molecule has 11 heteroatoms. The van der Waals surface area contributed by atoms with E-state index in [1.165, 1.54) is 17.0 Å². The smallest absolute Gasteiger partial charge is 0.326 e. The van der Waals surface area contributed by atoms with Gasteiger partial charge in [0, 0.05) is 18.7 Å². The van der Waals surface area contributed by atoms with Crippen molar-refractivity contribution in [2.24, 2.45) is 0 Å². The number of aliphatic carboxylic acids is 1. The molecule has 0 aromatic heterocycles. The first-order valence-electron chi connectivity index (χ1n) is 9.90. The van der Waals surface area contributed by atoms with Crippen molar-refractivity contribution in [1.82, 2.24) is 15.1 Å². The molecule has 2 saturated heterocycles. The Morgan fingerprint density at radius 3 is 2.61 bits per heavy atom. The van der Waals surface area contributed by atoms with Crippen LogP contribution in [0.15, 0.2) is 18.2 Å². The highest BCUT2D eigenvalue weighted by Crippen LogP contribution is 2.32. The number of carboxylic acid groups (broad SMARTS) is 1. The van der Waals surface area contributed by atoms with Gasteiger partial charge in [-0.1, -0.05) is 6.07 Å². The summed E-state index contributed by atoms with van der Waals surface area (Å²) >= 11 is 0. The number of anilines is 1. The van der Waals surface area contributed by atoms with Gasteiger partial charge in [-0.2, -0.15) is 0 Å². The lowest BCUT2D eigenvalue weighted by Gasteiger charge is -2.27. The number of hydrogen-bond donors (Lipinski definition) is 3. The van der Waals surface area contributed by atoms with Gasteiger partial charge in [-0.25, -0.2) is 4.79 Å². The van der Waals surface area contributed by atoms with Crippen molar-refractivity contribution in [1.29, 1.82) is 0 Å². The number of carbonyl (C=O) groups excluding carboxylic acids is 5. The van der Waals surface area contributed by atoms with E-state index in [9.17, 15) is 33.9 Å². The molecule has 3 aliphatic rings. The number of likely N-dealkylation sites (tertiary alicyclic amines) is 1. The minimum atomic E-state index is -1.08. The highest BCUT2D eigenvalue weighted by atomic mass is 16.4. The number of rotatable bonds is 5. The van der Waals surface area contributed by atoms with Gasteiger partial charge in [0.1, 0.15) is 12.1 Å². The average molecular weight is 428 g/mol. The number of hydrogen-bond acceptors (Lipinski definition) is 7. The average Bonchev–Trinajstić information content (AvgIpc) is 3.31. The molecule has 0 bridgehead atoms. The number of carboxylic acids is 1. The van der Waals surface area contributed by atoms with Crippen LogP contribution in [0.4, 0.5) is 5.69 Å². The van der Waals surface area contributed by atoms with Crippen molar-refractivity contribution in [2.45, 2.75) is 37.8 Å². The van der Waals surface area contributed by atoms with Crippen molar-refractivity contribution in [2.75, 3.05) is 18.4 Å². The third kappa shape index (κ3) is 3.51. The Labute approximate surface area is 176 Å². The zero-order valence-corrected chi connectivity index (χ0v) is 16.4. The Bertz CT molecular complexity index is 1020. The summed E-state index contributed by atoms with van der Waals surface area (Å²) in [7, 11) is 0. The minimum Gasteiger partial charge on any atom is -0.480 e. The molecular formula is C20H20N4O7. The molecule has 1 unspecified atom stereocenters. The minimum absolute atomic E-state index is 0.0179. The molecule has 3 heterocycles. The summed E-state index contributed by atoms with van der Waals surface area (Å²) in [4.78, 5) is 75.4. The molecule has 31 heavy (non-hydrogen) atoms. The molecule has 4 rings (SSSR count). The number of nitrogens with zero attached hydrogens (tertiary/aromatic N) is 2. The van der Waals surface area contributed by atoms with E-state index >= 15 is 0 Å². The molecule has 0 aliphatic carbocycles.